The van der Waals surface area contributed by atoms with E-state index in [1.165, 1.54) is 18.3 Å². The fraction of sp³-hybridized carbons (Fsp3) is 0.167. The van der Waals surface area contributed by atoms with Crippen LogP contribution in [0.5, 0.6) is 0 Å². The van der Waals surface area contributed by atoms with E-state index in [1.807, 2.05) is 0 Å². The summed E-state index contributed by atoms with van der Waals surface area (Å²) < 4.78 is 12.7. The topological polar surface area (TPSA) is 66.0 Å². The first-order valence-electron chi connectivity index (χ1n) is 5.17. The Balaban J connectivity index is 2.05. The van der Waals surface area contributed by atoms with E-state index in [0.29, 0.717) is 18.5 Å². The van der Waals surface area contributed by atoms with Gasteiger partial charge >= 0.3 is 5.97 Å². The molecule has 1 aromatic heterocycles. The highest BCUT2D eigenvalue weighted by molar-refractivity contribution is 5.88. The number of carboxylic acid groups (broad SMARTS) is 1. The van der Waals surface area contributed by atoms with Gasteiger partial charge in [0, 0.05) is 0 Å². The number of nitrogens with zero attached hydrogens (tertiary/aromatic N) is 1. The number of nitrogens with one attached hydrogen (secondary N) is 1. The van der Waals surface area contributed by atoms with Gasteiger partial charge in [0.1, 0.15) is 11.4 Å². The quantitative estimate of drug-likeness (QED) is 0.850. The molecule has 0 aliphatic rings. The summed E-state index contributed by atoms with van der Waals surface area (Å²) in [6.45, 7) is 0. The largest absolute Gasteiger partial charge is 0.478 e. The minimum absolute atomic E-state index is 0.187. The Morgan fingerprint density at radius 3 is 2.65 bits per heavy atom. The number of halogens is 1. The Labute approximate surface area is 97.1 Å². The predicted octanol–water partition coefficient (Wildman–Crippen LogP) is 2.03. The van der Waals surface area contributed by atoms with Gasteiger partial charge < -0.3 is 5.11 Å². The van der Waals surface area contributed by atoms with Gasteiger partial charge in [-0.3, -0.25) is 5.10 Å². The van der Waals surface area contributed by atoms with E-state index in [-0.39, 0.29) is 11.4 Å². The molecule has 0 fully saturated rings. The number of hydrogen-bond donors (Lipinski definition) is 2. The molecular weight excluding hydrogens is 223 g/mol. The molecule has 0 aliphatic heterocycles. The van der Waals surface area contributed by atoms with Crippen molar-refractivity contribution in [3.05, 3.63) is 53.1 Å². The highest BCUT2D eigenvalue weighted by Crippen LogP contribution is 2.10. The van der Waals surface area contributed by atoms with Crippen LogP contribution in [0, 0.1) is 5.82 Å². The van der Waals surface area contributed by atoms with Gasteiger partial charge in [-0.1, -0.05) is 12.1 Å². The zero-order valence-electron chi connectivity index (χ0n) is 8.98. The highest BCUT2D eigenvalue weighted by atomic mass is 19.1. The monoisotopic (exact) mass is 234 g/mol. The second kappa shape index (κ2) is 4.78. The third kappa shape index (κ3) is 2.69. The molecule has 0 unspecified atom stereocenters. The minimum atomic E-state index is -0.993. The molecule has 0 amide bonds. The number of hydrogen-bond acceptors (Lipinski definition) is 2. The van der Waals surface area contributed by atoms with Gasteiger partial charge in [-0.15, -0.1) is 0 Å². The zero-order chi connectivity index (χ0) is 12.3. The van der Waals surface area contributed by atoms with Crippen LogP contribution < -0.4 is 0 Å². The molecule has 88 valence electrons. The Morgan fingerprint density at radius 1 is 1.29 bits per heavy atom. The van der Waals surface area contributed by atoms with Crippen molar-refractivity contribution in [1.29, 1.82) is 0 Å². The van der Waals surface area contributed by atoms with E-state index in [1.54, 1.807) is 12.1 Å². The molecular formula is C12H11FN2O2. The van der Waals surface area contributed by atoms with Crippen LogP contribution in [0.2, 0.25) is 0 Å². The normalized spacial score (nSPS) is 10.4. The van der Waals surface area contributed by atoms with Crippen molar-refractivity contribution in [2.24, 2.45) is 0 Å². The van der Waals surface area contributed by atoms with Gasteiger partial charge in [-0.25, -0.2) is 9.18 Å². The second-order valence-corrected chi connectivity index (χ2v) is 3.69. The van der Waals surface area contributed by atoms with E-state index >= 15 is 0 Å². The number of aromatic nitrogens is 2. The minimum Gasteiger partial charge on any atom is -0.478 e. The van der Waals surface area contributed by atoms with Crippen LogP contribution in [-0.4, -0.2) is 21.3 Å². The lowest BCUT2D eigenvalue weighted by atomic mass is 10.1. The first-order chi connectivity index (χ1) is 8.16. The third-order valence-electron chi connectivity index (χ3n) is 2.53. The molecule has 1 heterocycles. The number of aromatic amines is 1. The molecule has 1 aromatic carbocycles. The van der Waals surface area contributed by atoms with Gasteiger partial charge in [-0.2, -0.15) is 5.10 Å². The lowest BCUT2D eigenvalue weighted by Crippen LogP contribution is -2.01. The Kier molecular flexibility index (Phi) is 3.18. The first-order valence-corrected chi connectivity index (χ1v) is 5.17. The number of rotatable bonds is 4. The van der Waals surface area contributed by atoms with Crippen molar-refractivity contribution in [3.8, 4) is 0 Å². The summed E-state index contributed by atoms with van der Waals surface area (Å²) >= 11 is 0. The van der Waals surface area contributed by atoms with Gasteiger partial charge in [0.2, 0.25) is 0 Å². The maximum Gasteiger partial charge on any atom is 0.339 e. The molecule has 0 radical (unpaired) electrons. The van der Waals surface area contributed by atoms with Crippen molar-refractivity contribution >= 4 is 5.97 Å². The molecule has 0 aliphatic carbocycles. The van der Waals surface area contributed by atoms with E-state index in [9.17, 15) is 9.18 Å². The lowest BCUT2D eigenvalue weighted by molar-refractivity contribution is 0.0696. The number of carbonyl (C=O) groups is 1. The van der Waals surface area contributed by atoms with Crippen LogP contribution in [-0.2, 0) is 12.8 Å². The SMILES string of the molecule is O=C(O)c1cn[nH]c1CCc1ccc(F)cc1. The molecule has 0 spiro atoms. The van der Waals surface area contributed by atoms with Gasteiger partial charge in [0.15, 0.2) is 0 Å². The number of H-pyrrole nitrogens is 1. The zero-order valence-corrected chi connectivity index (χ0v) is 8.98. The third-order valence-corrected chi connectivity index (χ3v) is 2.53. The van der Waals surface area contributed by atoms with Gasteiger partial charge in [0.05, 0.1) is 11.9 Å². The van der Waals surface area contributed by atoms with Crippen molar-refractivity contribution < 1.29 is 14.3 Å². The first kappa shape index (κ1) is 11.3. The standard InChI is InChI=1S/C12H11FN2O2/c13-9-4-1-8(2-5-9)3-6-11-10(12(16)17)7-14-15-11/h1-2,4-5,7H,3,6H2,(H,14,15)(H,16,17). The van der Waals surface area contributed by atoms with E-state index < -0.39 is 5.97 Å². The van der Waals surface area contributed by atoms with Crippen molar-refractivity contribution in [2.75, 3.05) is 0 Å². The average Bonchev–Trinajstić information content (AvgIpc) is 2.76. The summed E-state index contributed by atoms with van der Waals surface area (Å²) in [5.41, 5.74) is 1.73. The molecule has 17 heavy (non-hydrogen) atoms. The smallest absolute Gasteiger partial charge is 0.339 e. The van der Waals surface area contributed by atoms with Crippen molar-refractivity contribution in [3.63, 3.8) is 0 Å². The van der Waals surface area contributed by atoms with Gasteiger partial charge in [-0.05, 0) is 30.5 Å². The molecule has 2 N–H and O–H groups in total. The van der Waals surface area contributed by atoms with Crippen LogP contribution in [0.4, 0.5) is 4.39 Å². The maximum absolute atomic E-state index is 12.7. The summed E-state index contributed by atoms with van der Waals surface area (Å²) in [6, 6.07) is 6.15. The van der Waals surface area contributed by atoms with E-state index in [4.69, 9.17) is 5.11 Å². The van der Waals surface area contributed by atoms with Crippen LogP contribution in [0.3, 0.4) is 0 Å². The Morgan fingerprint density at radius 2 is 2.00 bits per heavy atom. The Hall–Kier alpha value is -2.17. The van der Waals surface area contributed by atoms with Gasteiger partial charge in [0.25, 0.3) is 0 Å². The summed E-state index contributed by atoms with van der Waals surface area (Å²) in [5, 5.41) is 15.2. The van der Waals surface area contributed by atoms with Crippen LogP contribution >= 0.6 is 0 Å². The molecule has 2 rings (SSSR count). The molecule has 0 saturated carbocycles. The summed E-state index contributed by atoms with van der Waals surface area (Å²) in [7, 11) is 0. The predicted molar refractivity (Wildman–Crippen MR) is 59.4 cm³/mol. The van der Waals surface area contributed by atoms with Crippen LogP contribution in [0.15, 0.2) is 30.5 Å². The van der Waals surface area contributed by atoms with E-state index in [0.717, 1.165) is 5.56 Å². The fourth-order valence-electron chi connectivity index (χ4n) is 1.61. The molecule has 2 aromatic rings. The summed E-state index contributed by atoms with van der Waals surface area (Å²) in [4.78, 5) is 10.8. The fourth-order valence-corrected chi connectivity index (χ4v) is 1.61. The number of aromatic carboxylic acids is 1. The lowest BCUT2D eigenvalue weighted by Gasteiger charge is -2.01. The molecule has 5 heteroatoms. The maximum atomic E-state index is 12.7. The molecule has 0 atom stereocenters. The van der Waals surface area contributed by atoms with Crippen LogP contribution in [0.1, 0.15) is 21.6 Å². The summed E-state index contributed by atoms with van der Waals surface area (Å²) in [6.07, 6.45) is 2.47. The average molecular weight is 234 g/mol. The second-order valence-electron chi connectivity index (χ2n) is 3.69. The number of aryl methyl sites for hydroxylation is 2. The highest BCUT2D eigenvalue weighted by Gasteiger charge is 2.11. The van der Waals surface area contributed by atoms with E-state index in [2.05, 4.69) is 10.2 Å². The van der Waals surface area contributed by atoms with Crippen LogP contribution in [0.25, 0.3) is 0 Å². The van der Waals surface area contributed by atoms with Crippen molar-refractivity contribution in [2.45, 2.75) is 12.8 Å². The molecule has 0 bridgehead atoms. The number of carboxylic acids is 1. The molecule has 4 nitrogen and oxygen atoms in total. The number of benzene rings is 1. The Bertz CT molecular complexity index is 520. The summed E-state index contributed by atoms with van der Waals surface area (Å²) in [5.74, 6) is -1.27. The molecule has 0 saturated heterocycles. The van der Waals surface area contributed by atoms with Crippen molar-refractivity contribution in [1.82, 2.24) is 10.2 Å².